The molecule has 1 atom stereocenters. The fraction of sp³-hybridized carbons (Fsp3) is 0.389. The predicted octanol–water partition coefficient (Wildman–Crippen LogP) is 0.870. The molecule has 4 rings (SSSR count). The van der Waals surface area contributed by atoms with Gasteiger partial charge in [-0.2, -0.15) is 0 Å². The van der Waals surface area contributed by atoms with Crippen LogP contribution in [0.25, 0.3) is 0 Å². The Morgan fingerprint density at radius 1 is 1.36 bits per heavy atom. The van der Waals surface area contributed by atoms with E-state index in [1.807, 2.05) is 13.0 Å². The van der Waals surface area contributed by atoms with Crippen LogP contribution < -0.4 is 4.90 Å². The van der Waals surface area contributed by atoms with Crippen molar-refractivity contribution in [2.24, 2.45) is 5.92 Å². The highest BCUT2D eigenvalue weighted by Crippen LogP contribution is 2.42. The maximum Gasteiger partial charge on any atom is 0.346 e. The molecule has 28 heavy (non-hydrogen) atoms. The molecular weight excluding hydrogens is 383 g/mol. The fourth-order valence-corrected chi connectivity index (χ4v) is 3.65. The second-order valence-electron chi connectivity index (χ2n) is 7.22. The van der Waals surface area contributed by atoms with E-state index in [-0.39, 0.29) is 12.5 Å². The number of rotatable bonds is 4. The van der Waals surface area contributed by atoms with Crippen LogP contribution in [-0.2, 0) is 27.8 Å². The minimum atomic E-state index is -4.29. The summed E-state index contributed by atoms with van der Waals surface area (Å²) in [4.78, 5) is 32.5. The van der Waals surface area contributed by atoms with Crippen molar-refractivity contribution in [1.82, 2.24) is 15.0 Å². The lowest BCUT2D eigenvalue weighted by Gasteiger charge is -2.17. The van der Waals surface area contributed by atoms with Crippen molar-refractivity contribution in [3.05, 3.63) is 41.2 Å². The van der Waals surface area contributed by atoms with Gasteiger partial charge in [0.2, 0.25) is 5.60 Å². The van der Waals surface area contributed by atoms with Crippen molar-refractivity contribution >= 4 is 19.2 Å². The summed E-state index contributed by atoms with van der Waals surface area (Å²) >= 11 is 0. The van der Waals surface area contributed by atoms with E-state index in [0.29, 0.717) is 16.9 Å². The van der Waals surface area contributed by atoms with E-state index in [4.69, 9.17) is 9.79 Å². The van der Waals surface area contributed by atoms with E-state index in [2.05, 4.69) is 22.2 Å². The zero-order valence-corrected chi connectivity index (χ0v) is 16.0. The maximum absolute atomic E-state index is 13.1. The zero-order valence-electron chi connectivity index (χ0n) is 15.1. The lowest BCUT2D eigenvalue weighted by atomic mass is 9.94. The molecule has 1 saturated carbocycles. The molecule has 1 aromatic heterocycles. The van der Waals surface area contributed by atoms with Crippen LogP contribution in [0.3, 0.4) is 0 Å². The summed E-state index contributed by atoms with van der Waals surface area (Å²) in [5.41, 5.74) is 0.299. The Morgan fingerprint density at radius 2 is 2.11 bits per heavy atom. The van der Waals surface area contributed by atoms with Gasteiger partial charge in [0.15, 0.2) is 0 Å². The number of carbonyl (C=O) groups excluding carboxylic acids is 1. The molecule has 2 aliphatic rings. The number of nitrogens with zero attached hydrogens (tertiary/aromatic N) is 4. The summed E-state index contributed by atoms with van der Waals surface area (Å²) in [6.07, 6.45) is 2.72. The molecular formula is C18H19N4O5P. The van der Waals surface area contributed by atoms with E-state index in [9.17, 15) is 14.5 Å². The Bertz CT molecular complexity index is 1060. The van der Waals surface area contributed by atoms with Gasteiger partial charge in [-0.05, 0) is 31.9 Å². The monoisotopic (exact) mass is 402 g/mol. The molecule has 9 nitrogen and oxygen atoms in total. The van der Waals surface area contributed by atoms with Gasteiger partial charge in [0.1, 0.15) is 12.0 Å². The minimum Gasteiger partial charge on any atom is -0.366 e. The summed E-state index contributed by atoms with van der Waals surface area (Å²) in [5, 5.41) is 18.7. The van der Waals surface area contributed by atoms with E-state index in [1.165, 1.54) is 11.1 Å². The summed E-state index contributed by atoms with van der Waals surface area (Å²) in [7, 11) is -4.29. The Labute approximate surface area is 161 Å². The largest absolute Gasteiger partial charge is 0.366 e. The molecule has 0 bridgehead atoms. The molecule has 1 fully saturated rings. The molecule has 0 spiro atoms. The van der Waals surface area contributed by atoms with Crippen molar-refractivity contribution in [3.8, 4) is 11.8 Å². The van der Waals surface area contributed by atoms with E-state index in [0.717, 1.165) is 23.1 Å². The normalized spacial score (nSPS) is 21.4. The van der Waals surface area contributed by atoms with Crippen LogP contribution in [0.2, 0.25) is 0 Å². The van der Waals surface area contributed by atoms with Crippen molar-refractivity contribution < 1.29 is 24.3 Å². The third kappa shape index (κ3) is 3.60. The fourth-order valence-electron chi connectivity index (χ4n) is 3.14. The first-order chi connectivity index (χ1) is 13.2. The number of hydrogen-bond donors (Lipinski definition) is 3. The molecule has 0 radical (unpaired) electrons. The number of aliphatic hydroxyl groups is 1. The van der Waals surface area contributed by atoms with E-state index < -0.39 is 25.4 Å². The molecule has 1 aliphatic heterocycles. The summed E-state index contributed by atoms with van der Waals surface area (Å²) in [5.74, 6) is 5.42. The number of anilines is 1. The van der Waals surface area contributed by atoms with Crippen LogP contribution in [0.5, 0.6) is 0 Å². The van der Waals surface area contributed by atoms with Crippen LogP contribution in [0.1, 0.15) is 29.7 Å². The van der Waals surface area contributed by atoms with Gasteiger partial charge < -0.3 is 19.8 Å². The molecule has 2 heterocycles. The summed E-state index contributed by atoms with van der Waals surface area (Å²) < 4.78 is 12.1. The van der Waals surface area contributed by atoms with Crippen LogP contribution >= 0.6 is 7.60 Å². The standard InChI is InChI=1S/C18H19N4O5P/c1-12-2-5-16-15(8-12)18(24,7-6-13-3-4-13)17(23)22(16)10-14-9-21(20-19-14)11-28(25,26)27/h2,5,8-9,13,24H,3-4,10-11H2,1H3,(H2,25,26,27). The number of hydrogen-bond acceptors (Lipinski definition) is 5. The SMILES string of the molecule is Cc1ccc2c(c1)C(O)(C#CC1CC1)C(=O)N2Cc1cn(CP(=O)(O)O)nn1. The van der Waals surface area contributed by atoms with Crippen LogP contribution in [0.4, 0.5) is 5.69 Å². The molecule has 146 valence electrons. The van der Waals surface area contributed by atoms with Crippen molar-refractivity contribution in [2.75, 3.05) is 4.90 Å². The van der Waals surface area contributed by atoms with Gasteiger partial charge >= 0.3 is 7.60 Å². The molecule has 1 aromatic carbocycles. The van der Waals surface area contributed by atoms with Gasteiger partial charge in [-0.1, -0.05) is 28.7 Å². The molecule has 0 saturated heterocycles. The quantitative estimate of drug-likeness (QED) is 0.511. The molecule has 3 N–H and O–H groups in total. The average Bonchev–Trinajstić information content (AvgIpc) is 3.31. The number of amides is 1. The smallest absolute Gasteiger partial charge is 0.346 e. The first kappa shape index (κ1) is 18.8. The number of aryl methyl sites for hydroxylation is 1. The maximum atomic E-state index is 13.1. The molecule has 1 unspecified atom stereocenters. The van der Waals surface area contributed by atoms with E-state index >= 15 is 0 Å². The zero-order chi connectivity index (χ0) is 20.1. The molecule has 10 heteroatoms. The second-order valence-corrected chi connectivity index (χ2v) is 8.83. The van der Waals surface area contributed by atoms with Gasteiger partial charge in [0.05, 0.1) is 18.4 Å². The van der Waals surface area contributed by atoms with Crippen molar-refractivity contribution in [1.29, 1.82) is 0 Å². The molecule has 2 aromatic rings. The highest BCUT2D eigenvalue weighted by molar-refractivity contribution is 7.50. The predicted molar refractivity (Wildman–Crippen MR) is 98.8 cm³/mol. The Kier molecular flexibility index (Phi) is 4.40. The van der Waals surface area contributed by atoms with Crippen LogP contribution in [0.15, 0.2) is 24.4 Å². The first-order valence-corrected chi connectivity index (χ1v) is 10.6. The Hall–Kier alpha value is -2.50. The van der Waals surface area contributed by atoms with Crippen molar-refractivity contribution in [2.45, 2.75) is 38.2 Å². The van der Waals surface area contributed by atoms with Gasteiger partial charge in [0.25, 0.3) is 5.91 Å². The summed E-state index contributed by atoms with van der Waals surface area (Å²) in [6.45, 7) is 1.87. The van der Waals surface area contributed by atoms with Crippen LogP contribution in [-0.4, -0.2) is 35.8 Å². The topological polar surface area (TPSA) is 129 Å². The van der Waals surface area contributed by atoms with Gasteiger partial charge in [-0.25, -0.2) is 4.68 Å². The highest BCUT2D eigenvalue weighted by atomic mass is 31.2. The molecule has 1 aliphatic carbocycles. The number of benzene rings is 1. The van der Waals surface area contributed by atoms with Gasteiger partial charge in [-0.3, -0.25) is 9.36 Å². The Balaban J connectivity index is 1.66. The summed E-state index contributed by atoms with van der Waals surface area (Å²) in [6, 6.07) is 5.34. The van der Waals surface area contributed by atoms with Gasteiger partial charge in [-0.15, -0.1) is 5.10 Å². The Morgan fingerprint density at radius 3 is 2.79 bits per heavy atom. The number of fused-ring (bicyclic) bond motifs is 1. The first-order valence-electron chi connectivity index (χ1n) is 8.77. The van der Waals surface area contributed by atoms with E-state index in [1.54, 1.807) is 12.1 Å². The average molecular weight is 402 g/mol. The highest BCUT2D eigenvalue weighted by Gasteiger charge is 2.49. The minimum absolute atomic E-state index is 0.00344. The van der Waals surface area contributed by atoms with Crippen molar-refractivity contribution in [3.63, 3.8) is 0 Å². The molecule has 1 amide bonds. The third-order valence-corrected chi connectivity index (χ3v) is 5.32. The van der Waals surface area contributed by atoms with Gasteiger partial charge in [0, 0.05) is 11.5 Å². The lowest BCUT2D eigenvalue weighted by molar-refractivity contribution is -0.130. The third-order valence-electron chi connectivity index (χ3n) is 4.66. The number of carbonyl (C=O) groups is 1. The second kappa shape index (κ2) is 6.54. The van der Waals surface area contributed by atoms with Crippen LogP contribution in [0, 0.1) is 24.7 Å². The lowest BCUT2D eigenvalue weighted by Crippen LogP contribution is -2.39. The number of aromatic nitrogens is 3.